The molecule has 176 valence electrons. The van der Waals surface area contributed by atoms with Crippen molar-refractivity contribution in [2.45, 2.75) is 43.4 Å². The second-order valence-electron chi connectivity index (χ2n) is 8.85. The first-order valence-corrected chi connectivity index (χ1v) is 13.0. The standard InChI is InChI=1S/C25H31N3O4S/c1-3-27(4-2)33(31,32)22-12-10-21(11-13-22)28-17-19(16-23(28)29)24(30)26-18-25(14-15-25)20-8-6-5-7-9-20/h5-13,19H,3-4,14-18H2,1-2H3,(H,26,30). The fourth-order valence-electron chi connectivity index (χ4n) is 4.55. The quantitative estimate of drug-likeness (QED) is 0.612. The van der Waals surface area contributed by atoms with Crippen LogP contribution < -0.4 is 10.2 Å². The number of carbonyl (C=O) groups excluding carboxylic acids is 2. The van der Waals surface area contributed by atoms with E-state index in [1.165, 1.54) is 22.0 Å². The van der Waals surface area contributed by atoms with E-state index in [1.54, 1.807) is 30.9 Å². The summed E-state index contributed by atoms with van der Waals surface area (Å²) in [6, 6.07) is 16.6. The van der Waals surface area contributed by atoms with Gasteiger partial charge < -0.3 is 10.2 Å². The Labute approximate surface area is 195 Å². The first kappa shape index (κ1) is 23.4. The number of anilines is 1. The van der Waals surface area contributed by atoms with Crippen LogP contribution in [0.1, 0.15) is 38.7 Å². The summed E-state index contributed by atoms with van der Waals surface area (Å²) in [4.78, 5) is 27.2. The smallest absolute Gasteiger partial charge is 0.243 e. The molecule has 7 nitrogen and oxygen atoms in total. The number of carbonyl (C=O) groups is 2. The third-order valence-electron chi connectivity index (χ3n) is 6.83. The molecule has 1 heterocycles. The second-order valence-corrected chi connectivity index (χ2v) is 10.8. The van der Waals surface area contributed by atoms with Gasteiger partial charge in [0.25, 0.3) is 0 Å². The van der Waals surface area contributed by atoms with Gasteiger partial charge in [-0.2, -0.15) is 4.31 Å². The maximum atomic E-state index is 12.8. The molecule has 0 radical (unpaired) electrons. The molecule has 0 spiro atoms. The van der Waals surface area contributed by atoms with Crippen LogP contribution in [0.15, 0.2) is 59.5 Å². The Morgan fingerprint density at radius 2 is 1.70 bits per heavy atom. The minimum Gasteiger partial charge on any atom is -0.355 e. The molecule has 0 aromatic heterocycles. The fourth-order valence-corrected chi connectivity index (χ4v) is 6.01. The predicted molar refractivity (Wildman–Crippen MR) is 127 cm³/mol. The number of nitrogens with one attached hydrogen (secondary N) is 1. The van der Waals surface area contributed by atoms with Crippen molar-refractivity contribution in [3.8, 4) is 0 Å². The molecule has 1 N–H and O–H groups in total. The molecule has 8 heteroatoms. The van der Waals surface area contributed by atoms with Crippen LogP contribution in [0.4, 0.5) is 5.69 Å². The van der Waals surface area contributed by atoms with Crippen LogP contribution in [-0.4, -0.2) is 50.7 Å². The zero-order valence-electron chi connectivity index (χ0n) is 19.2. The minimum atomic E-state index is -3.55. The van der Waals surface area contributed by atoms with Gasteiger partial charge in [0.2, 0.25) is 21.8 Å². The molecule has 1 saturated carbocycles. The van der Waals surface area contributed by atoms with E-state index in [0.29, 0.717) is 31.9 Å². The van der Waals surface area contributed by atoms with Crippen LogP contribution in [0, 0.1) is 5.92 Å². The molecule has 1 unspecified atom stereocenters. The van der Waals surface area contributed by atoms with Crippen LogP contribution in [-0.2, 0) is 25.0 Å². The first-order chi connectivity index (χ1) is 15.8. The van der Waals surface area contributed by atoms with Crippen LogP contribution in [0.25, 0.3) is 0 Å². The highest BCUT2D eigenvalue weighted by Crippen LogP contribution is 2.47. The first-order valence-electron chi connectivity index (χ1n) is 11.5. The lowest BCUT2D eigenvalue weighted by atomic mass is 9.95. The zero-order chi connectivity index (χ0) is 23.6. The van der Waals surface area contributed by atoms with E-state index in [4.69, 9.17) is 0 Å². The summed E-state index contributed by atoms with van der Waals surface area (Å²) in [5, 5.41) is 3.07. The van der Waals surface area contributed by atoms with Crippen molar-refractivity contribution < 1.29 is 18.0 Å². The van der Waals surface area contributed by atoms with Crippen molar-refractivity contribution in [3.63, 3.8) is 0 Å². The molecule has 2 aromatic rings. The van der Waals surface area contributed by atoms with Gasteiger partial charge in [-0.3, -0.25) is 9.59 Å². The molecular weight excluding hydrogens is 438 g/mol. The van der Waals surface area contributed by atoms with E-state index in [9.17, 15) is 18.0 Å². The van der Waals surface area contributed by atoms with Crippen molar-refractivity contribution in [1.29, 1.82) is 0 Å². The molecule has 1 aliphatic carbocycles. The molecule has 1 atom stereocenters. The van der Waals surface area contributed by atoms with E-state index in [2.05, 4.69) is 17.4 Å². The van der Waals surface area contributed by atoms with Gasteiger partial charge in [-0.05, 0) is 42.7 Å². The lowest BCUT2D eigenvalue weighted by Gasteiger charge is -2.20. The Balaban J connectivity index is 1.39. The summed E-state index contributed by atoms with van der Waals surface area (Å²) in [6.07, 6.45) is 2.26. The highest BCUT2D eigenvalue weighted by Gasteiger charge is 2.45. The van der Waals surface area contributed by atoms with Crippen molar-refractivity contribution in [1.82, 2.24) is 9.62 Å². The van der Waals surface area contributed by atoms with Crippen molar-refractivity contribution in [3.05, 3.63) is 60.2 Å². The molecule has 2 aromatic carbocycles. The Kier molecular flexibility index (Phi) is 6.59. The zero-order valence-corrected chi connectivity index (χ0v) is 20.0. The number of hydrogen-bond donors (Lipinski definition) is 1. The van der Waals surface area contributed by atoms with Gasteiger partial charge in [0.15, 0.2) is 0 Å². The van der Waals surface area contributed by atoms with E-state index >= 15 is 0 Å². The van der Waals surface area contributed by atoms with Gasteiger partial charge in [0.1, 0.15) is 0 Å². The molecule has 1 saturated heterocycles. The minimum absolute atomic E-state index is 0.0193. The molecule has 2 fully saturated rings. The van der Waals surface area contributed by atoms with Crippen molar-refractivity contribution >= 4 is 27.5 Å². The van der Waals surface area contributed by atoms with Gasteiger partial charge in [0.05, 0.1) is 10.8 Å². The maximum Gasteiger partial charge on any atom is 0.243 e. The molecule has 1 aliphatic heterocycles. The van der Waals surface area contributed by atoms with E-state index in [-0.39, 0.29) is 28.5 Å². The lowest BCUT2D eigenvalue weighted by Crippen LogP contribution is -2.37. The Hall–Kier alpha value is -2.71. The number of benzene rings is 2. The number of nitrogens with zero attached hydrogens (tertiary/aromatic N) is 2. The third kappa shape index (κ3) is 4.68. The molecule has 2 amide bonds. The molecule has 33 heavy (non-hydrogen) atoms. The SMILES string of the molecule is CCN(CC)S(=O)(=O)c1ccc(N2CC(C(=O)NCC3(c4ccccc4)CC3)CC2=O)cc1. The Morgan fingerprint density at radius 1 is 1.06 bits per heavy atom. The monoisotopic (exact) mass is 469 g/mol. The van der Waals surface area contributed by atoms with Crippen LogP contribution >= 0.6 is 0 Å². The topological polar surface area (TPSA) is 86.8 Å². The summed E-state index contributed by atoms with van der Waals surface area (Å²) < 4.78 is 26.8. The third-order valence-corrected chi connectivity index (χ3v) is 8.89. The highest BCUT2D eigenvalue weighted by atomic mass is 32.2. The molecule has 4 rings (SSSR count). The summed E-state index contributed by atoms with van der Waals surface area (Å²) in [7, 11) is -3.55. The summed E-state index contributed by atoms with van der Waals surface area (Å²) >= 11 is 0. The number of amides is 2. The molecular formula is C25H31N3O4S. The van der Waals surface area contributed by atoms with E-state index in [1.807, 2.05) is 18.2 Å². The van der Waals surface area contributed by atoms with Crippen LogP contribution in [0.2, 0.25) is 0 Å². The average molecular weight is 470 g/mol. The summed E-state index contributed by atoms with van der Waals surface area (Å²) in [6.45, 7) is 5.27. The molecule has 2 aliphatic rings. The van der Waals surface area contributed by atoms with Gasteiger partial charge in [0, 0.05) is 43.7 Å². The largest absolute Gasteiger partial charge is 0.355 e. The predicted octanol–water partition coefficient (Wildman–Crippen LogP) is 2.92. The number of rotatable bonds is 9. The second kappa shape index (κ2) is 9.27. The molecule has 0 bridgehead atoms. The van der Waals surface area contributed by atoms with E-state index in [0.717, 1.165) is 12.8 Å². The van der Waals surface area contributed by atoms with Gasteiger partial charge in [-0.1, -0.05) is 44.2 Å². The van der Waals surface area contributed by atoms with Crippen LogP contribution in [0.5, 0.6) is 0 Å². The van der Waals surface area contributed by atoms with Gasteiger partial charge in [-0.15, -0.1) is 0 Å². The fraction of sp³-hybridized carbons (Fsp3) is 0.440. The van der Waals surface area contributed by atoms with Gasteiger partial charge >= 0.3 is 0 Å². The average Bonchev–Trinajstić information content (AvgIpc) is 3.53. The Bertz CT molecular complexity index is 1110. The summed E-state index contributed by atoms with van der Waals surface area (Å²) in [5.74, 6) is -0.643. The van der Waals surface area contributed by atoms with Gasteiger partial charge in [-0.25, -0.2) is 8.42 Å². The number of sulfonamides is 1. The van der Waals surface area contributed by atoms with E-state index < -0.39 is 15.9 Å². The van der Waals surface area contributed by atoms with Crippen molar-refractivity contribution in [2.75, 3.05) is 31.1 Å². The summed E-state index contributed by atoms with van der Waals surface area (Å²) in [5.41, 5.74) is 1.87. The Morgan fingerprint density at radius 3 is 2.27 bits per heavy atom. The number of hydrogen-bond acceptors (Lipinski definition) is 4. The normalized spacial score (nSPS) is 19.7. The maximum absolute atomic E-state index is 12.8. The lowest BCUT2D eigenvalue weighted by molar-refractivity contribution is -0.126. The van der Waals surface area contributed by atoms with Crippen LogP contribution in [0.3, 0.4) is 0 Å². The highest BCUT2D eigenvalue weighted by molar-refractivity contribution is 7.89. The van der Waals surface area contributed by atoms with Crippen molar-refractivity contribution in [2.24, 2.45) is 5.92 Å².